The van der Waals surface area contributed by atoms with Crippen molar-refractivity contribution in [2.24, 2.45) is 17.4 Å². The molecule has 0 aliphatic heterocycles. The summed E-state index contributed by atoms with van der Waals surface area (Å²) in [5.74, 6) is -1.32. The first-order valence-corrected chi connectivity index (χ1v) is 7.85. The van der Waals surface area contributed by atoms with E-state index in [9.17, 15) is 14.4 Å². The van der Waals surface area contributed by atoms with E-state index in [0.29, 0.717) is 12.3 Å². The molecule has 0 aromatic heterocycles. The third kappa shape index (κ3) is 10.7. The van der Waals surface area contributed by atoms with Gasteiger partial charge in [-0.1, -0.05) is 26.0 Å². The van der Waals surface area contributed by atoms with Gasteiger partial charge in [0.05, 0.1) is 6.04 Å². The van der Waals surface area contributed by atoms with Crippen molar-refractivity contribution in [1.29, 1.82) is 0 Å². The number of phenols is 1. The minimum Gasteiger partial charge on any atom is -0.508 e. The number of benzene rings is 1. The van der Waals surface area contributed by atoms with E-state index in [-0.39, 0.29) is 18.1 Å². The zero-order chi connectivity index (χ0) is 19.6. The fourth-order valence-corrected chi connectivity index (χ4v) is 1.94. The fourth-order valence-electron chi connectivity index (χ4n) is 1.94. The molecule has 140 valence electrons. The second-order valence-corrected chi connectivity index (χ2v) is 6.10. The first kappa shape index (κ1) is 22.4. The van der Waals surface area contributed by atoms with E-state index in [1.807, 2.05) is 13.8 Å². The van der Waals surface area contributed by atoms with E-state index < -0.39 is 24.0 Å². The lowest BCUT2D eigenvalue weighted by atomic mass is 10.0. The van der Waals surface area contributed by atoms with Crippen LogP contribution in [0.15, 0.2) is 24.3 Å². The van der Waals surface area contributed by atoms with Crippen molar-refractivity contribution in [3.8, 4) is 5.75 Å². The van der Waals surface area contributed by atoms with Crippen LogP contribution in [0.3, 0.4) is 0 Å². The molecule has 2 amide bonds. The van der Waals surface area contributed by atoms with Crippen LogP contribution in [-0.4, -0.2) is 40.1 Å². The number of carboxylic acid groups (broad SMARTS) is 1. The number of rotatable bonds is 7. The first-order chi connectivity index (χ1) is 11.5. The van der Waals surface area contributed by atoms with Gasteiger partial charge < -0.3 is 27.0 Å². The normalized spacial score (nSPS) is 12.5. The SMILES string of the molecule is CC(=O)N[C@@H](Cc1ccc(O)cc1)C(=O)O.CC(C)CC(N)C(N)=O. The quantitative estimate of drug-likeness (QED) is 0.477. The van der Waals surface area contributed by atoms with Crippen molar-refractivity contribution >= 4 is 17.8 Å². The Kier molecular flexibility index (Phi) is 9.88. The summed E-state index contributed by atoms with van der Waals surface area (Å²) in [7, 11) is 0. The number of primary amides is 1. The predicted molar refractivity (Wildman–Crippen MR) is 93.7 cm³/mol. The second kappa shape index (κ2) is 11.0. The van der Waals surface area contributed by atoms with Crippen LogP contribution in [0, 0.1) is 5.92 Å². The molecule has 0 aliphatic carbocycles. The number of aromatic hydroxyl groups is 1. The van der Waals surface area contributed by atoms with E-state index in [4.69, 9.17) is 21.7 Å². The molecule has 0 bridgehead atoms. The maximum absolute atomic E-state index is 10.8. The minimum atomic E-state index is -1.08. The number of carbonyl (C=O) groups excluding carboxylic acids is 2. The Hall–Kier alpha value is -2.61. The van der Waals surface area contributed by atoms with E-state index >= 15 is 0 Å². The lowest BCUT2D eigenvalue weighted by Crippen LogP contribution is -2.41. The number of nitrogens with one attached hydrogen (secondary N) is 1. The molecule has 1 unspecified atom stereocenters. The van der Waals surface area contributed by atoms with Crippen molar-refractivity contribution < 1.29 is 24.6 Å². The summed E-state index contributed by atoms with van der Waals surface area (Å²) in [5, 5.41) is 20.3. The topological polar surface area (TPSA) is 156 Å². The summed E-state index contributed by atoms with van der Waals surface area (Å²) in [6.07, 6.45) is 0.866. The smallest absolute Gasteiger partial charge is 0.326 e. The fraction of sp³-hybridized carbons (Fsp3) is 0.471. The number of carbonyl (C=O) groups is 3. The molecular formula is C17H27N3O5. The van der Waals surface area contributed by atoms with Gasteiger partial charge in [0.2, 0.25) is 11.8 Å². The summed E-state index contributed by atoms with van der Waals surface area (Å²) in [6, 6.07) is 4.77. The molecule has 1 aromatic carbocycles. The number of hydrogen-bond acceptors (Lipinski definition) is 5. The maximum atomic E-state index is 10.8. The van der Waals surface area contributed by atoms with Gasteiger partial charge in [-0.3, -0.25) is 9.59 Å². The number of amides is 2. The summed E-state index contributed by atoms with van der Waals surface area (Å²) >= 11 is 0. The van der Waals surface area contributed by atoms with Gasteiger partial charge in [-0.25, -0.2) is 4.79 Å². The van der Waals surface area contributed by atoms with Gasteiger partial charge >= 0.3 is 5.97 Å². The van der Waals surface area contributed by atoms with Gasteiger partial charge in [-0.15, -0.1) is 0 Å². The molecule has 0 spiro atoms. The molecule has 1 rings (SSSR count). The van der Waals surface area contributed by atoms with Crippen LogP contribution < -0.4 is 16.8 Å². The number of aliphatic carboxylic acids is 1. The predicted octanol–water partition coefficient (Wildman–Crippen LogP) is 0.369. The van der Waals surface area contributed by atoms with Crippen LogP contribution in [0.2, 0.25) is 0 Å². The molecule has 1 aromatic rings. The van der Waals surface area contributed by atoms with Crippen molar-refractivity contribution in [2.75, 3.05) is 0 Å². The van der Waals surface area contributed by atoms with Gasteiger partial charge in [-0.2, -0.15) is 0 Å². The Morgan fingerprint density at radius 1 is 1.16 bits per heavy atom. The van der Waals surface area contributed by atoms with Crippen LogP contribution >= 0.6 is 0 Å². The third-order valence-electron chi connectivity index (χ3n) is 3.14. The van der Waals surface area contributed by atoms with Gasteiger partial charge in [0.25, 0.3) is 0 Å². The minimum absolute atomic E-state index is 0.121. The van der Waals surface area contributed by atoms with E-state index in [0.717, 1.165) is 5.56 Å². The molecule has 8 nitrogen and oxygen atoms in total. The Morgan fingerprint density at radius 3 is 2.00 bits per heavy atom. The maximum Gasteiger partial charge on any atom is 0.326 e. The van der Waals surface area contributed by atoms with Crippen molar-refractivity contribution in [3.63, 3.8) is 0 Å². The molecule has 8 heteroatoms. The molecule has 25 heavy (non-hydrogen) atoms. The van der Waals surface area contributed by atoms with E-state index in [1.165, 1.54) is 19.1 Å². The van der Waals surface area contributed by atoms with Crippen molar-refractivity contribution in [3.05, 3.63) is 29.8 Å². The van der Waals surface area contributed by atoms with Crippen molar-refractivity contribution in [2.45, 2.75) is 45.7 Å². The zero-order valence-electron chi connectivity index (χ0n) is 14.7. The molecule has 0 aliphatic rings. The molecular weight excluding hydrogens is 326 g/mol. The number of hydrogen-bond donors (Lipinski definition) is 5. The molecule has 2 atom stereocenters. The van der Waals surface area contributed by atoms with Crippen molar-refractivity contribution in [1.82, 2.24) is 5.32 Å². The van der Waals surface area contributed by atoms with Crippen LogP contribution in [0.5, 0.6) is 5.75 Å². The summed E-state index contributed by atoms with van der Waals surface area (Å²) in [5.41, 5.74) is 11.0. The Balaban J connectivity index is 0.000000547. The third-order valence-corrected chi connectivity index (χ3v) is 3.14. The molecule has 7 N–H and O–H groups in total. The molecule has 0 radical (unpaired) electrons. The number of carboxylic acids is 1. The summed E-state index contributed by atoms with van der Waals surface area (Å²) in [6.45, 7) is 5.28. The highest BCUT2D eigenvalue weighted by Crippen LogP contribution is 2.11. The van der Waals surface area contributed by atoms with Gasteiger partial charge in [-0.05, 0) is 30.0 Å². The van der Waals surface area contributed by atoms with Crippen LogP contribution in [-0.2, 0) is 20.8 Å². The van der Waals surface area contributed by atoms with Crippen LogP contribution in [0.4, 0.5) is 0 Å². The largest absolute Gasteiger partial charge is 0.508 e. The molecule has 0 fully saturated rings. The lowest BCUT2D eigenvalue weighted by Gasteiger charge is -2.13. The van der Waals surface area contributed by atoms with Crippen LogP contribution in [0.1, 0.15) is 32.8 Å². The Morgan fingerprint density at radius 2 is 1.68 bits per heavy atom. The lowest BCUT2D eigenvalue weighted by molar-refractivity contribution is -0.141. The van der Waals surface area contributed by atoms with E-state index in [2.05, 4.69) is 5.32 Å². The second-order valence-electron chi connectivity index (χ2n) is 6.10. The standard InChI is InChI=1S/C11H13NO4.C6H14N2O/c1-7(13)12-10(11(15)16)6-8-2-4-9(14)5-3-8;1-4(2)3-5(7)6(8)9/h2-5,10,14H,6H2,1H3,(H,12,13)(H,15,16);4-5H,3,7H2,1-2H3,(H2,8,9)/t10-;/m0./s1. The molecule has 0 saturated heterocycles. The van der Waals surface area contributed by atoms with Gasteiger partial charge in [0.15, 0.2) is 0 Å². The first-order valence-electron chi connectivity index (χ1n) is 7.85. The Labute approximate surface area is 147 Å². The Bertz CT molecular complexity index is 572. The number of phenolic OH excluding ortho intramolecular Hbond substituents is 1. The average Bonchev–Trinajstić information content (AvgIpc) is 2.48. The summed E-state index contributed by atoms with van der Waals surface area (Å²) in [4.78, 5) is 32.0. The summed E-state index contributed by atoms with van der Waals surface area (Å²) < 4.78 is 0. The molecule has 0 heterocycles. The van der Waals surface area contributed by atoms with E-state index in [1.54, 1.807) is 12.1 Å². The highest BCUT2D eigenvalue weighted by molar-refractivity contribution is 5.82. The van der Waals surface area contributed by atoms with Gasteiger partial charge in [0, 0.05) is 13.3 Å². The monoisotopic (exact) mass is 353 g/mol. The van der Waals surface area contributed by atoms with Gasteiger partial charge in [0.1, 0.15) is 11.8 Å². The molecule has 0 saturated carbocycles. The highest BCUT2D eigenvalue weighted by atomic mass is 16.4. The number of nitrogens with two attached hydrogens (primary N) is 2. The average molecular weight is 353 g/mol. The zero-order valence-corrected chi connectivity index (χ0v) is 14.7. The highest BCUT2D eigenvalue weighted by Gasteiger charge is 2.18. The van der Waals surface area contributed by atoms with Crippen LogP contribution in [0.25, 0.3) is 0 Å².